The van der Waals surface area contributed by atoms with E-state index in [-0.39, 0.29) is 5.91 Å². The first kappa shape index (κ1) is 12.0. The lowest BCUT2D eigenvalue weighted by Gasteiger charge is -2.05. The summed E-state index contributed by atoms with van der Waals surface area (Å²) in [5.41, 5.74) is 1.66. The zero-order chi connectivity index (χ0) is 12.1. The van der Waals surface area contributed by atoms with Crippen LogP contribution in [0.4, 0.5) is 0 Å². The summed E-state index contributed by atoms with van der Waals surface area (Å²) >= 11 is 0. The lowest BCUT2D eigenvalue weighted by molar-refractivity contribution is -0.120. The molecule has 0 spiro atoms. The zero-order valence-electron chi connectivity index (χ0n) is 10.1. The molecule has 17 heavy (non-hydrogen) atoms. The van der Waals surface area contributed by atoms with E-state index in [1.54, 1.807) is 12.4 Å². The molecule has 1 aromatic rings. The predicted octanol–water partition coefficient (Wildman–Crippen LogP) is 0.401. The van der Waals surface area contributed by atoms with Crippen molar-refractivity contribution in [2.45, 2.75) is 26.3 Å². The van der Waals surface area contributed by atoms with Crippen LogP contribution in [0.1, 0.15) is 24.2 Å². The normalized spacial score (nSPS) is 14.6. The van der Waals surface area contributed by atoms with Crippen molar-refractivity contribution in [1.82, 2.24) is 20.6 Å². The van der Waals surface area contributed by atoms with Gasteiger partial charge < -0.3 is 10.6 Å². The van der Waals surface area contributed by atoms with Crippen molar-refractivity contribution < 1.29 is 4.79 Å². The zero-order valence-corrected chi connectivity index (χ0v) is 10.1. The van der Waals surface area contributed by atoms with Crippen LogP contribution in [0.2, 0.25) is 0 Å². The Labute approximate surface area is 101 Å². The highest BCUT2D eigenvalue weighted by Crippen LogP contribution is 2.27. The molecule has 0 radical (unpaired) electrons. The molecule has 1 aliphatic carbocycles. The van der Waals surface area contributed by atoms with Crippen LogP contribution in [0, 0.1) is 12.8 Å². The number of amides is 1. The quantitative estimate of drug-likeness (QED) is 0.747. The van der Waals surface area contributed by atoms with Gasteiger partial charge in [-0.05, 0) is 32.2 Å². The number of rotatable bonds is 6. The summed E-state index contributed by atoms with van der Waals surface area (Å²) in [6.45, 7) is 3.67. The average Bonchev–Trinajstić information content (AvgIpc) is 3.12. The SMILES string of the molecule is Cc1cnc(CNC(=O)CNCC2CC2)cn1. The van der Waals surface area contributed by atoms with E-state index in [1.807, 2.05) is 6.92 Å². The number of nitrogens with one attached hydrogen (secondary N) is 2. The standard InChI is InChI=1S/C12H18N4O/c1-9-4-15-11(6-14-9)7-16-12(17)8-13-5-10-2-3-10/h4,6,10,13H,2-3,5,7-8H2,1H3,(H,16,17). The van der Waals surface area contributed by atoms with Crippen LogP contribution in [-0.4, -0.2) is 29.0 Å². The van der Waals surface area contributed by atoms with Crippen LogP contribution in [0.25, 0.3) is 0 Å². The Balaban J connectivity index is 1.62. The lowest BCUT2D eigenvalue weighted by Crippen LogP contribution is -2.34. The van der Waals surface area contributed by atoms with Crippen molar-refractivity contribution in [1.29, 1.82) is 0 Å². The van der Waals surface area contributed by atoms with Crippen molar-refractivity contribution in [3.05, 3.63) is 23.8 Å². The minimum Gasteiger partial charge on any atom is -0.349 e. The molecule has 1 amide bonds. The van der Waals surface area contributed by atoms with E-state index in [1.165, 1.54) is 12.8 Å². The molecule has 1 saturated carbocycles. The number of carbonyl (C=O) groups is 1. The average molecular weight is 234 g/mol. The summed E-state index contributed by atoms with van der Waals surface area (Å²) in [7, 11) is 0. The number of hydrogen-bond acceptors (Lipinski definition) is 4. The van der Waals surface area contributed by atoms with E-state index in [0.29, 0.717) is 13.1 Å². The molecule has 1 aliphatic rings. The van der Waals surface area contributed by atoms with Crippen LogP contribution < -0.4 is 10.6 Å². The highest BCUT2D eigenvalue weighted by atomic mass is 16.1. The van der Waals surface area contributed by atoms with Crippen molar-refractivity contribution in [3.8, 4) is 0 Å². The summed E-state index contributed by atoms with van der Waals surface area (Å²) in [6, 6.07) is 0. The van der Waals surface area contributed by atoms with E-state index in [2.05, 4.69) is 20.6 Å². The first-order valence-corrected chi connectivity index (χ1v) is 5.99. The third-order valence-electron chi connectivity index (χ3n) is 2.72. The van der Waals surface area contributed by atoms with Gasteiger partial charge in [0.05, 0.1) is 30.7 Å². The lowest BCUT2D eigenvalue weighted by atomic mass is 10.4. The Morgan fingerprint density at radius 3 is 2.88 bits per heavy atom. The predicted molar refractivity (Wildman–Crippen MR) is 64.2 cm³/mol. The first-order valence-electron chi connectivity index (χ1n) is 5.99. The van der Waals surface area contributed by atoms with Gasteiger partial charge in [-0.15, -0.1) is 0 Å². The van der Waals surface area contributed by atoms with Crippen molar-refractivity contribution in [2.75, 3.05) is 13.1 Å². The van der Waals surface area contributed by atoms with Gasteiger partial charge in [-0.1, -0.05) is 0 Å². The molecule has 2 rings (SSSR count). The van der Waals surface area contributed by atoms with Gasteiger partial charge in [0, 0.05) is 6.20 Å². The topological polar surface area (TPSA) is 66.9 Å². The molecule has 92 valence electrons. The molecule has 1 aromatic heterocycles. The highest BCUT2D eigenvalue weighted by molar-refractivity contribution is 5.77. The summed E-state index contributed by atoms with van der Waals surface area (Å²) < 4.78 is 0. The van der Waals surface area contributed by atoms with E-state index in [9.17, 15) is 4.79 Å². The fraction of sp³-hybridized carbons (Fsp3) is 0.583. The second-order valence-corrected chi connectivity index (χ2v) is 4.50. The maximum Gasteiger partial charge on any atom is 0.234 e. The van der Waals surface area contributed by atoms with Gasteiger partial charge >= 0.3 is 0 Å². The minimum atomic E-state index is 0.00743. The number of aromatic nitrogens is 2. The minimum absolute atomic E-state index is 0.00743. The highest BCUT2D eigenvalue weighted by Gasteiger charge is 2.20. The number of carbonyl (C=O) groups excluding carboxylic acids is 1. The Bertz CT molecular complexity index is 373. The molecule has 0 aromatic carbocycles. The third-order valence-corrected chi connectivity index (χ3v) is 2.72. The fourth-order valence-corrected chi connectivity index (χ4v) is 1.47. The van der Waals surface area contributed by atoms with Gasteiger partial charge in [-0.2, -0.15) is 0 Å². The number of nitrogens with zero attached hydrogens (tertiary/aromatic N) is 2. The summed E-state index contributed by atoms with van der Waals surface area (Å²) in [5.74, 6) is 0.804. The molecule has 1 heterocycles. The second kappa shape index (κ2) is 5.72. The van der Waals surface area contributed by atoms with E-state index >= 15 is 0 Å². The monoisotopic (exact) mass is 234 g/mol. The Morgan fingerprint density at radius 1 is 1.41 bits per heavy atom. The van der Waals surface area contributed by atoms with Gasteiger partial charge in [0.15, 0.2) is 0 Å². The van der Waals surface area contributed by atoms with Crippen molar-refractivity contribution in [3.63, 3.8) is 0 Å². The molecule has 0 saturated heterocycles. The third kappa shape index (κ3) is 4.48. The Kier molecular flexibility index (Phi) is 4.03. The molecule has 5 nitrogen and oxygen atoms in total. The van der Waals surface area contributed by atoms with Gasteiger partial charge in [-0.3, -0.25) is 14.8 Å². The van der Waals surface area contributed by atoms with Crippen molar-refractivity contribution in [2.24, 2.45) is 5.92 Å². The van der Waals surface area contributed by atoms with Gasteiger partial charge in [0.25, 0.3) is 0 Å². The fourth-order valence-electron chi connectivity index (χ4n) is 1.47. The van der Waals surface area contributed by atoms with Crippen LogP contribution in [0.15, 0.2) is 12.4 Å². The van der Waals surface area contributed by atoms with Crippen molar-refractivity contribution >= 4 is 5.91 Å². The Hall–Kier alpha value is -1.49. The molecule has 5 heteroatoms. The largest absolute Gasteiger partial charge is 0.349 e. The van der Waals surface area contributed by atoms with Crippen LogP contribution >= 0.6 is 0 Å². The number of hydrogen-bond donors (Lipinski definition) is 2. The molecule has 0 aliphatic heterocycles. The summed E-state index contributed by atoms with van der Waals surface area (Å²) in [6.07, 6.45) is 5.99. The van der Waals surface area contributed by atoms with E-state index in [4.69, 9.17) is 0 Å². The molecule has 0 atom stereocenters. The van der Waals surface area contributed by atoms with E-state index in [0.717, 1.165) is 23.9 Å². The first-order chi connectivity index (χ1) is 8.24. The van der Waals surface area contributed by atoms with Gasteiger partial charge in [0.2, 0.25) is 5.91 Å². The van der Waals surface area contributed by atoms with E-state index < -0.39 is 0 Å². The van der Waals surface area contributed by atoms with Gasteiger partial charge in [-0.25, -0.2) is 0 Å². The Morgan fingerprint density at radius 2 is 2.24 bits per heavy atom. The molecule has 2 N–H and O–H groups in total. The molecular formula is C12H18N4O. The molecular weight excluding hydrogens is 216 g/mol. The molecule has 1 fully saturated rings. The van der Waals surface area contributed by atoms with Gasteiger partial charge in [0.1, 0.15) is 0 Å². The summed E-state index contributed by atoms with van der Waals surface area (Å²) in [4.78, 5) is 19.8. The molecule has 0 bridgehead atoms. The molecule has 0 unspecified atom stereocenters. The second-order valence-electron chi connectivity index (χ2n) is 4.50. The maximum absolute atomic E-state index is 11.5. The maximum atomic E-state index is 11.5. The van der Waals surface area contributed by atoms with Crippen LogP contribution in [0.3, 0.4) is 0 Å². The van der Waals surface area contributed by atoms with Crippen LogP contribution in [-0.2, 0) is 11.3 Å². The van der Waals surface area contributed by atoms with Crippen LogP contribution in [0.5, 0.6) is 0 Å². The smallest absolute Gasteiger partial charge is 0.234 e. The number of aryl methyl sites for hydroxylation is 1. The summed E-state index contributed by atoms with van der Waals surface area (Å²) in [5, 5.41) is 5.95.